The van der Waals surface area contributed by atoms with Crippen molar-refractivity contribution in [1.82, 2.24) is 24.2 Å². The molecule has 0 N–H and O–H groups in total. The Bertz CT molecular complexity index is 2370. The molecule has 1 aromatic heterocycles. The molecular weight excluding hydrogens is 751 g/mol. The second-order valence-corrected chi connectivity index (χ2v) is 17.6. The van der Waals surface area contributed by atoms with Crippen molar-refractivity contribution in [1.29, 1.82) is 0 Å². The number of likely N-dealkylation sites (N-methyl/N-ethyl adjacent to an activating group) is 2. The third-order valence-corrected chi connectivity index (χ3v) is 12.6. The van der Waals surface area contributed by atoms with Crippen molar-refractivity contribution >= 4 is 33.4 Å². The number of hydrogen-bond donors (Lipinski definition) is 0. The lowest BCUT2D eigenvalue weighted by Gasteiger charge is -2.39. The summed E-state index contributed by atoms with van der Waals surface area (Å²) >= 11 is 0. The van der Waals surface area contributed by atoms with Gasteiger partial charge in [0.2, 0.25) is 0 Å². The Kier molecular flexibility index (Phi) is 14.3. The van der Waals surface area contributed by atoms with E-state index in [4.69, 9.17) is 4.18 Å². The number of piperazine rings is 2. The molecule has 0 spiro atoms. The lowest BCUT2D eigenvalue weighted by molar-refractivity contribution is 0.127. The van der Waals surface area contributed by atoms with E-state index in [0.29, 0.717) is 6.04 Å². The minimum Gasteiger partial charge on any atom is -0.347 e. The smallest absolute Gasteiger partial charge is 0.264 e. The minimum absolute atomic E-state index is 0. The van der Waals surface area contributed by atoms with E-state index in [9.17, 15) is 8.42 Å². The zero-order valence-corrected chi connectivity index (χ0v) is 34.5. The summed E-state index contributed by atoms with van der Waals surface area (Å²) < 4.78 is 30.7. The van der Waals surface area contributed by atoms with Gasteiger partial charge >= 0.3 is 0 Å². The Morgan fingerprint density at radius 1 is 0.559 bits per heavy atom. The van der Waals surface area contributed by atoms with Gasteiger partial charge < -0.3 is 14.4 Å². The van der Waals surface area contributed by atoms with Gasteiger partial charge in [0.15, 0.2) is 0 Å². The molecule has 0 amide bonds. The van der Waals surface area contributed by atoms with Crippen molar-refractivity contribution in [3.8, 4) is 0 Å². The summed E-state index contributed by atoms with van der Waals surface area (Å²) in [5, 5.41) is 0. The number of aromatic nitrogens is 1. The van der Waals surface area contributed by atoms with Crippen molar-refractivity contribution in [3.05, 3.63) is 166 Å². The zero-order valence-electron chi connectivity index (χ0n) is 33.7. The van der Waals surface area contributed by atoms with E-state index in [1.807, 2.05) is 12.1 Å². The molecule has 2 fully saturated rings. The van der Waals surface area contributed by atoms with Crippen LogP contribution in [0, 0.1) is 6.92 Å². The molecule has 9 rings (SSSR count). The van der Waals surface area contributed by atoms with Gasteiger partial charge in [-0.2, -0.15) is 8.42 Å². The van der Waals surface area contributed by atoms with Crippen LogP contribution in [0.25, 0.3) is 23.3 Å². The van der Waals surface area contributed by atoms with Crippen molar-refractivity contribution in [2.45, 2.75) is 40.4 Å². The molecule has 3 heterocycles. The average molecular weight is 814 g/mol. The molecule has 5 aromatic rings. The Morgan fingerprint density at radius 3 is 1.44 bits per heavy atom. The number of hydrogen-bond acceptors (Lipinski definition) is 7. The fourth-order valence-electron chi connectivity index (χ4n) is 8.93. The van der Waals surface area contributed by atoms with Crippen LogP contribution >= 0.6 is 0 Å². The fourth-order valence-corrected chi connectivity index (χ4v) is 9.27. The lowest BCUT2D eigenvalue weighted by atomic mass is 9.91. The van der Waals surface area contributed by atoms with Crippen LogP contribution in [0.5, 0.6) is 0 Å². The summed E-state index contributed by atoms with van der Waals surface area (Å²) in [6.07, 6.45) is 7.78. The summed E-state index contributed by atoms with van der Waals surface area (Å²) in [5.74, 6) is 0. The summed E-state index contributed by atoms with van der Waals surface area (Å²) in [5.41, 5.74) is 13.9. The van der Waals surface area contributed by atoms with Gasteiger partial charge in [-0.1, -0.05) is 112 Å². The van der Waals surface area contributed by atoms with E-state index >= 15 is 0 Å². The largest absolute Gasteiger partial charge is 0.347 e. The first-order valence-electron chi connectivity index (χ1n) is 20.2. The summed E-state index contributed by atoms with van der Waals surface area (Å²) in [7, 11) is 0.877. The lowest BCUT2D eigenvalue weighted by Crippen LogP contribution is -2.46. The van der Waals surface area contributed by atoms with E-state index in [1.165, 1.54) is 44.6 Å². The third-order valence-electron chi connectivity index (χ3n) is 12.1. The van der Waals surface area contributed by atoms with Crippen LogP contribution in [-0.2, 0) is 20.8 Å². The first-order chi connectivity index (χ1) is 27.6. The van der Waals surface area contributed by atoms with Crippen LogP contribution < -0.4 is 0 Å². The molecule has 2 saturated heterocycles. The quantitative estimate of drug-likeness (QED) is 0.152. The maximum absolute atomic E-state index is 11.6. The van der Waals surface area contributed by atoms with E-state index in [0.717, 1.165) is 81.9 Å². The number of fused-ring (bicyclic) bond motifs is 4. The van der Waals surface area contributed by atoms with Crippen molar-refractivity contribution < 1.29 is 12.6 Å². The molecule has 2 unspecified atom stereocenters. The standard InChI is InChI=1S/C26H29N3.C22H26N2O3S.2CH4/c1-20-8-7-13-29(20)19-22-18-21-9-3-4-11-24(21)26(25-12-6-5-10-23(22)25)28-16-14-27(2)15-17-28;1-23-11-13-24(14-12-23)22-20-9-4-3-7-17(20)15-18(16-27-28(2,25)26)19-8-5-6-10-21(19)22;;/h3-13,18,26H,14-17,19H2,1-2H3;3-10,15,22H,11-14,16H2,1-2H3;2*1H4. The maximum atomic E-state index is 11.6. The summed E-state index contributed by atoms with van der Waals surface area (Å²) in [6, 6.07) is 39.5. The molecule has 59 heavy (non-hydrogen) atoms. The molecule has 8 nitrogen and oxygen atoms in total. The van der Waals surface area contributed by atoms with Crippen LogP contribution in [0.2, 0.25) is 0 Å². The van der Waals surface area contributed by atoms with E-state index in [1.54, 1.807) is 0 Å². The first kappa shape index (κ1) is 44.0. The summed E-state index contributed by atoms with van der Waals surface area (Å²) in [4.78, 5) is 10.00. The Hall–Kier alpha value is -4.61. The predicted molar refractivity (Wildman–Crippen MR) is 247 cm³/mol. The molecule has 2 aliphatic heterocycles. The Balaban J connectivity index is 0.000000192. The van der Waals surface area contributed by atoms with Crippen LogP contribution in [0.15, 0.2) is 115 Å². The molecule has 0 bridgehead atoms. The van der Waals surface area contributed by atoms with Gasteiger partial charge in [0.1, 0.15) is 0 Å². The van der Waals surface area contributed by atoms with Gasteiger partial charge in [-0.25, -0.2) is 0 Å². The zero-order chi connectivity index (χ0) is 39.5. The first-order valence-corrected chi connectivity index (χ1v) is 22.0. The van der Waals surface area contributed by atoms with E-state index < -0.39 is 10.1 Å². The highest BCUT2D eigenvalue weighted by Gasteiger charge is 2.32. The SMILES string of the molecule is C.C.CN1CCN(C2c3ccccc3C=C(COS(C)(=O)=O)c3ccccc32)CC1.Cc1cccn1CC1=Cc2ccccc2C(N2CCN(C)CC2)c2ccccc21. The van der Waals surface area contributed by atoms with Gasteiger partial charge in [-0.05, 0) is 101 Å². The van der Waals surface area contributed by atoms with Gasteiger partial charge in [-0.15, -0.1) is 0 Å². The van der Waals surface area contributed by atoms with Crippen LogP contribution in [0.3, 0.4) is 0 Å². The normalized spacial score (nSPS) is 19.7. The predicted octanol–water partition coefficient (Wildman–Crippen LogP) is 8.81. The molecule has 4 aromatic carbocycles. The van der Waals surface area contributed by atoms with Crippen LogP contribution in [-0.4, -0.2) is 112 Å². The minimum atomic E-state index is -3.51. The monoisotopic (exact) mass is 813 g/mol. The van der Waals surface area contributed by atoms with Crippen molar-refractivity contribution in [2.24, 2.45) is 0 Å². The average Bonchev–Trinajstić information content (AvgIpc) is 3.48. The number of benzene rings is 4. The Labute approximate surface area is 354 Å². The molecule has 0 saturated carbocycles. The number of aryl methyl sites for hydroxylation is 1. The molecule has 312 valence electrons. The van der Waals surface area contributed by atoms with Gasteiger partial charge in [0, 0.05) is 70.8 Å². The molecule has 4 aliphatic rings. The second kappa shape index (κ2) is 19.2. The van der Waals surface area contributed by atoms with Crippen molar-refractivity contribution in [3.63, 3.8) is 0 Å². The number of rotatable bonds is 7. The second-order valence-electron chi connectivity index (χ2n) is 16.0. The molecule has 9 heteroatoms. The van der Waals surface area contributed by atoms with Crippen LogP contribution in [0.1, 0.15) is 77.1 Å². The highest BCUT2D eigenvalue weighted by Crippen LogP contribution is 2.42. The maximum Gasteiger partial charge on any atom is 0.264 e. The topological polar surface area (TPSA) is 61.3 Å². The van der Waals surface area contributed by atoms with Gasteiger partial charge in [-0.3, -0.25) is 14.0 Å². The fraction of sp³-hybridized carbons (Fsp3) is 0.360. The molecular formula is C50H63N5O3S. The van der Waals surface area contributed by atoms with Gasteiger partial charge in [0.05, 0.1) is 24.9 Å². The Morgan fingerprint density at radius 2 is 0.983 bits per heavy atom. The van der Waals surface area contributed by atoms with E-state index in [-0.39, 0.29) is 27.5 Å². The summed E-state index contributed by atoms with van der Waals surface area (Å²) in [6.45, 7) is 11.7. The highest BCUT2D eigenvalue weighted by atomic mass is 32.2. The van der Waals surface area contributed by atoms with E-state index in [2.05, 4.69) is 161 Å². The number of allylic oxidation sites excluding steroid dienone is 1. The third kappa shape index (κ3) is 9.89. The number of nitrogens with zero attached hydrogens (tertiary/aromatic N) is 5. The molecule has 2 aliphatic carbocycles. The highest BCUT2D eigenvalue weighted by molar-refractivity contribution is 7.86. The van der Waals surface area contributed by atoms with Crippen molar-refractivity contribution in [2.75, 3.05) is 79.3 Å². The van der Waals surface area contributed by atoms with Crippen LogP contribution in [0.4, 0.5) is 0 Å². The molecule has 2 atom stereocenters. The molecule has 0 radical (unpaired) electrons. The van der Waals surface area contributed by atoms with Gasteiger partial charge in [0.25, 0.3) is 10.1 Å².